The fourth-order valence-corrected chi connectivity index (χ4v) is 2.67. The van der Waals surface area contributed by atoms with Crippen LogP contribution in [0.3, 0.4) is 0 Å². The third kappa shape index (κ3) is 5.11. The van der Waals surface area contributed by atoms with Crippen molar-refractivity contribution in [1.29, 1.82) is 0 Å². The van der Waals surface area contributed by atoms with Crippen LogP contribution in [-0.4, -0.2) is 29.2 Å². The number of nitrogens with one attached hydrogen (secondary N) is 1. The maximum absolute atomic E-state index is 12.1. The number of nitrogens with two attached hydrogens (primary N) is 1. The van der Waals surface area contributed by atoms with Crippen molar-refractivity contribution in [2.24, 2.45) is 5.73 Å². The summed E-state index contributed by atoms with van der Waals surface area (Å²) in [5, 5.41) is 11.7. The van der Waals surface area contributed by atoms with Gasteiger partial charge in [0.1, 0.15) is 11.0 Å². The number of carbonyl (C=O) groups excluding carboxylic acids is 2. The molecule has 1 aromatic heterocycles. The molecule has 0 radical (unpaired) electrons. The Morgan fingerprint density at radius 1 is 1.30 bits per heavy atom. The van der Waals surface area contributed by atoms with E-state index in [0.717, 1.165) is 10.6 Å². The Hall–Kier alpha value is -2.32. The molecular weight excluding hydrogens is 316 g/mol. The maximum atomic E-state index is 12.1. The summed E-state index contributed by atoms with van der Waals surface area (Å²) in [4.78, 5) is 23.1. The van der Waals surface area contributed by atoms with E-state index >= 15 is 0 Å². The van der Waals surface area contributed by atoms with Crippen LogP contribution in [0.2, 0.25) is 0 Å². The lowest BCUT2D eigenvalue weighted by atomic mass is 10.1. The van der Waals surface area contributed by atoms with Crippen LogP contribution in [0.5, 0.6) is 0 Å². The number of hydrogen-bond acceptors (Lipinski definition) is 7. The highest BCUT2D eigenvalue weighted by Crippen LogP contribution is 2.19. The number of aromatic nitrogens is 2. The third-order valence-corrected chi connectivity index (χ3v) is 4.04. The van der Waals surface area contributed by atoms with Gasteiger partial charge < -0.3 is 10.5 Å². The quantitative estimate of drug-likeness (QED) is 0.746. The van der Waals surface area contributed by atoms with E-state index in [2.05, 4.69) is 20.3 Å². The number of ether oxygens (including phenoxy) is 1. The number of aryl methyl sites for hydroxylation is 1. The van der Waals surface area contributed by atoms with Gasteiger partial charge in [0.15, 0.2) is 0 Å². The maximum Gasteiger partial charge on any atom is 0.305 e. The molecule has 1 unspecified atom stereocenters. The summed E-state index contributed by atoms with van der Waals surface area (Å²) < 4.78 is 4.57. The van der Waals surface area contributed by atoms with Crippen LogP contribution in [0, 0.1) is 0 Å². The number of hydrogen-bond donors (Lipinski definition) is 2. The molecule has 3 N–H and O–H groups in total. The third-order valence-electron chi connectivity index (χ3n) is 3.14. The SMILES string of the molecule is COC(=O)CCCc1nnc(NC(=O)C(N)c2ccccc2)s1. The molecule has 1 amide bonds. The summed E-state index contributed by atoms with van der Waals surface area (Å²) in [5.41, 5.74) is 6.64. The molecule has 0 aliphatic heterocycles. The summed E-state index contributed by atoms with van der Waals surface area (Å²) in [5.74, 6) is -0.592. The topological polar surface area (TPSA) is 107 Å². The Morgan fingerprint density at radius 3 is 2.74 bits per heavy atom. The zero-order chi connectivity index (χ0) is 16.7. The average molecular weight is 334 g/mol. The molecule has 1 aromatic carbocycles. The van der Waals surface area contributed by atoms with E-state index in [9.17, 15) is 9.59 Å². The van der Waals surface area contributed by atoms with Gasteiger partial charge >= 0.3 is 5.97 Å². The van der Waals surface area contributed by atoms with Crippen LogP contribution in [-0.2, 0) is 20.7 Å². The number of benzene rings is 1. The number of methoxy groups -OCH3 is 1. The summed E-state index contributed by atoms with van der Waals surface area (Å²) in [6.07, 6.45) is 1.56. The Morgan fingerprint density at radius 2 is 2.04 bits per heavy atom. The van der Waals surface area contributed by atoms with Crippen molar-refractivity contribution in [3.63, 3.8) is 0 Å². The molecule has 8 heteroatoms. The van der Waals surface area contributed by atoms with Crippen molar-refractivity contribution in [3.05, 3.63) is 40.9 Å². The van der Waals surface area contributed by atoms with Crippen LogP contribution in [0.1, 0.15) is 29.5 Å². The van der Waals surface area contributed by atoms with Crippen molar-refractivity contribution in [2.45, 2.75) is 25.3 Å². The van der Waals surface area contributed by atoms with Crippen LogP contribution in [0.15, 0.2) is 30.3 Å². The van der Waals surface area contributed by atoms with Gasteiger partial charge in [-0.3, -0.25) is 14.9 Å². The van der Waals surface area contributed by atoms with E-state index in [-0.39, 0.29) is 11.9 Å². The molecule has 7 nitrogen and oxygen atoms in total. The van der Waals surface area contributed by atoms with Gasteiger partial charge in [0.25, 0.3) is 0 Å². The number of esters is 1. The van der Waals surface area contributed by atoms with E-state index in [1.807, 2.05) is 18.2 Å². The summed E-state index contributed by atoms with van der Waals surface area (Å²) in [6, 6.07) is 8.34. The number of rotatable bonds is 7. The van der Waals surface area contributed by atoms with Gasteiger partial charge in [-0.15, -0.1) is 10.2 Å². The van der Waals surface area contributed by atoms with Gasteiger partial charge in [-0.2, -0.15) is 0 Å². The Kier molecular flexibility index (Phi) is 6.19. The van der Waals surface area contributed by atoms with Crippen molar-refractivity contribution in [1.82, 2.24) is 10.2 Å². The Labute approximate surface area is 137 Å². The van der Waals surface area contributed by atoms with Crippen LogP contribution in [0.4, 0.5) is 5.13 Å². The van der Waals surface area contributed by atoms with Crippen molar-refractivity contribution >= 4 is 28.3 Å². The van der Waals surface area contributed by atoms with Crippen LogP contribution < -0.4 is 11.1 Å². The second-order valence-corrected chi connectivity index (χ2v) is 5.87. The molecule has 0 fully saturated rings. The normalized spacial score (nSPS) is 11.7. The van der Waals surface area contributed by atoms with Crippen molar-refractivity contribution in [3.8, 4) is 0 Å². The van der Waals surface area contributed by atoms with E-state index in [4.69, 9.17) is 5.73 Å². The first-order valence-corrected chi connectivity index (χ1v) is 7.92. The van der Waals surface area contributed by atoms with Gasteiger partial charge in [-0.05, 0) is 12.0 Å². The predicted octanol–water partition coefficient (Wildman–Crippen LogP) is 1.67. The molecule has 0 aliphatic carbocycles. The number of anilines is 1. The second kappa shape index (κ2) is 8.35. The molecule has 0 bridgehead atoms. The van der Waals surface area contributed by atoms with Crippen molar-refractivity contribution < 1.29 is 14.3 Å². The Bertz CT molecular complexity index is 660. The van der Waals surface area contributed by atoms with Gasteiger partial charge in [-0.25, -0.2) is 0 Å². The van der Waals surface area contributed by atoms with Gasteiger partial charge in [0.2, 0.25) is 11.0 Å². The molecule has 0 aliphatic rings. The molecule has 0 saturated carbocycles. The first-order valence-electron chi connectivity index (χ1n) is 7.10. The highest BCUT2D eigenvalue weighted by Gasteiger charge is 2.17. The lowest BCUT2D eigenvalue weighted by Crippen LogP contribution is -2.27. The molecule has 1 atom stereocenters. The van der Waals surface area contributed by atoms with Gasteiger partial charge in [0.05, 0.1) is 7.11 Å². The average Bonchev–Trinajstić information content (AvgIpc) is 3.02. The summed E-state index contributed by atoms with van der Waals surface area (Å²) in [6.45, 7) is 0. The first-order chi connectivity index (χ1) is 11.1. The monoisotopic (exact) mass is 334 g/mol. The molecule has 1 heterocycles. The van der Waals surface area contributed by atoms with E-state index in [1.165, 1.54) is 18.4 Å². The van der Waals surface area contributed by atoms with Gasteiger partial charge in [0, 0.05) is 12.8 Å². The van der Waals surface area contributed by atoms with E-state index < -0.39 is 6.04 Å². The van der Waals surface area contributed by atoms with E-state index in [1.54, 1.807) is 12.1 Å². The lowest BCUT2D eigenvalue weighted by molar-refractivity contribution is -0.140. The molecule has 2 rings (SSSR count). The number of amides is 1. The highest BCUT2D eigenvalue weighted by molar-refractivity contribution is 7.15. The largest absolute Gasteiger partial charge is 0.469 e. The molecule has 122 valence electrons. The molecule has 0 spiro atoms. The fraction of sp³-hybridized carbons (Fsp3) is 0.333. The second-order valence-electron chi connectivity index (χ2n) is 4.81. The summed E-state index contributed by atoms with van der Waals surface area (Å²) in [7, 11) is 1.36. The molecule has 2 aromatic rings. The highest BCUT2D eigenvalue weighted by atomic mass is 32.1. The fourth-order valence-electron chi connectivity index (χ4n) is 1.89. The molecule has 0 saturated heterocycles. The minimum Gasteiger partial charge on any atom is -0.469 e. The zero-order valence-electron chi connectivity index (χ0n) is 12.7. The standard InChI is InChI=1S/C15H18N4O3S/c1-22-12(20)9-5-8-11-18-19-15(23-11)17-14(21)13(16)10-6-3-2-4-7-10/h2-4,6-7,13H,5,8-9,16H2,1H3,(H,17,19,21). The van der Waals surface area contributed by atoms with E-state index in [0.29, 0.717) is 24.4 Å². The minimum absolute atomic E-state index is 0.253. The smallest absolute Gasteiger partial charge is 0.305 e. The minimum atomic E-state index is -0.761. The summed E-state index contributed by atoms with van der Waals surface area (Å²) >= 11 is 1.27. The predicted molar refractivity (Wildman–Crippen MR) is 86.9 cm³/mol. The van der Waals surface area contributed by atoms with Crippen LogP contribution >= 0.6 is 11.3 Å². The molecule has 23 heavy (non-hydrogen) atoms. The van der Waals surface area contributed by atoms with Crippen molar-refractivity contribution in [2.75, 3.05) is 12.4 Å². The Balaban J connectivity index is 1.86. The number of carbonyl (C=O) groups is 2. The zero-order valence-corrected chi connectivity index (χ0v) is 13.5. The van der Waals surface area contributed by atoms with Gasteiger partial charge in [-0.1, -0.05) is 41.7 Å². The molecular formula is C15H18N4O3S. The number of nitrogens with zero attached hydrogens (tertiary/aromatic N) is 2. The lowest BCUT2D eigenvalue weighted by Gasteiger charge is -2.10. The first kappa shape index (κ1) is 17.0. The van der Waals surface area contributed by atoms with Crippen LogP contribution in [0.25, 0.3) is 0 Å².